The predicted octanol–water partition coefficient (Wildman–Crippen LogP) is 2.99. The number of thioether (sulfide) groups is 1. The van der Waals surface area contributed by atoms with Gasteiger partial charge in [-0.05, 0) is 37.1 Å². The molecule has 4 rings (SSSR count). The van der Waals surface area contributed by atoms with Crippen molar-refractivity contribution in [3.8, 4) is 0 Å². The molecule has 1 aliphatic rings. The SMILES string of the molecule is CC(NC(=O)c1ccccc1)c1nnc(SCC(=O)N2CCc3ccccc32)n1C. The molecule has 154 valence electrons. The molecule has 0 radical (unpaired) electrons. The number of fused-ring (bicyclic) bond motifs is 1. The Morgan fingerprint density at radius 1 is 1.10 bits per heavy atom. The lowest BCUT2D eigenvalue weighted by Crippen LogP contribution is -2.30. The van der Waals surface area contributed by atoms with Gasteiger partial charge < -0.3 is 14.8 Å². The molecule has 7 nitrogen and oxygen atoms in total. The molecule has 2 heterocycles. The third kappa shape index (κ3) is 4.09. The predicted molar refractivity (Wildman–Crippen MR) is 117 cm³/mol. The zero-order chi connectivity index (χ0) is 21.1. The first kappa shape index (κ1) is 20.2. The highest BCUT2D eigenvalue weighted by Gasteiger charge is 2.25. The molecule has 0 bridgehead atoms. The Bertz CT molecular complexity index is 1070. The summed E-state index contributed by atoms with van der Waals surface area (Å²) >= 11 is 1.36. The summed E-state index contributed by atoms with van der Waals surface area (Å²) < 4.78 is 1.83. The lowest BCUT2D eigenvalue weighted by atomic mass is 10.2. The standard InChI is InChI=1S/C22H23N5O2S/c1-15(23-21(29)17-9-4-3-5-10-17)20-24-25-22(26(20)2)30-14-19(28)27-13-12-16-8-6-7-11-18(16)27/h3-11,15H,12-14H2,1-2H3,(H,23,29). The maximum Gasteiger partial charge on any atom is 0.251 e. The smallest absolute Gasteiger partial charge is 0.251 e. The summed E-state index contributed by atoms with van der Waals surface area (Å²) in [6.45, 7) is 2.58. The molecule has 0 saturated heterocycles. The number of carbonyl (C=O) groups excluding carboxylic acids is 2. The molecule has 0 spiro atoms. The first-order valence-electron chi connectivity index (χ1n) is 9.81. The fraction of sp³-hybridized carbons (Fsp3) is 0.273. The molecular formula is C22H23N5O2S. The zero-order valence-electron chi connectivity index (χ0n) is 16.9. The summed E-state index contributed by atoms with van der Waals surface area (Å²) in [5, 5.41) is 12.0. The summed E-state index contributed by atoms with van der Waals surface area (Å²) in [7, 11) is 1.85. The van der Waals surface area contributed by atoms with Crippen molar-refractivity contribution in [2.75, 3.05) is 17.2 Å². The Kier molecular flexibility index (Phi) is 5.85. The number of para-hydroxylation sites is 1. The number of hydrogen-bond acceptors (Lipinski definition) is 5. The Balaban J connectivity index is 1.37. The summed E-state index contributed by atoms with van der Waals surface area (Å²) in [4.78, 5) is 26.9. The fourth-order valence-electron chi connectivity index (χ4n) is 3.56. The van der Waals surface area contributed by atoms with Crippen LogP contribution >= 0.6 is 11.8 Å². The minimum Gasteiger partial charge on any atom is -0.342 e. The molecule has 30 heavy (non-hydrogen) atoms. The second-order valence-electron chi connectivity index (χ2n) is 7.17. The van der Waals surface area contributed by atoms with Crippen LogP contribution < -0.4 is 10.2 Å². The van der Waals surface area contributed by atoms with Gasteiger partial charge in [-0.25, -0.2) is 0 Å². The lowest BCUT2D eigenvalue weighted by Gasteiger charge is -2.17. The van der Waals surface area contributed by atoms with E-state index in [0.29, 0.717) is 23.1 Å². The topological polar surface area (TPSA) is 80.1 Å². The van der Waals surface area contributed by atoms with E-state index in [4.69, 9.17) is 0 Å². The molecule has 1 unspecified atom stereocenters. The normalized spacial score (nSPS) is 13.7. The molecule has 0 aliphatic carbocycles. The van der Waals surface area contributed by atoms with Gasteiger partial charge in [-0.2, -0.15) is 0 Å². The van der Waals surface area contributed by atoms with Crippen LogP contribution in [0.3, 0.4) is 0 Å². The van der Waals surface area contributed by atoms with Gasteiger partial charge in [0.1, 0.15) is 0 Å². The Morgan fingerprint density at radius 2 is 1.83 bits per heavy atom. The van der Waals surface area contributed by atoms with E-state index in [-0.39, 0.29) is 23.6 Å². The molecule has 1 atom stereocenters. The van der Waals surface area contributed by atoms with Gasteiger partial charge in [0.15, 0.2) is 11.0 Å². The van der Waals surface area contributed by atoms with Crippen molar-refractivity contribution in [3.63, 3.8) is 0 Å². The van der Waals surface area contributed by atoms with Crippen molar-refractivity contribution in [1.29, 1.82) is 0 Å². The second kappa shape index (κ2) is 8.71. The van der Waals surface area contributed by atoms with Crippen molar-refractivity contribution < 1.29 is 9.59 Å². The van der Waals surface area contributed by atoms with E-state index in [0.717, 1.165) is 12.1 Å². The van der Waals surface area contributed by atoms with Crippen LogP contribution in [0.4, 0.5) is 5.69 Å². The van der Waals surface area contributed by atoms with Crippen LogP contribution in [0.15, 0.2) is 59.8 Å². The molecule has 1 aromatic heterocycles. The van der Waals surface area contributed by atoms with Crippen LogP contribution in [0.2, 0.25) is 0 Å². The van der Waals surface area contributed by atoms with E-state index in [9.17, 15) is 9.59 Å². The minimum atomic E-state index is -0.314. The highest BCUT2D eigenvalue weighted by molar-refractivity contribution is 7.99. The van der Waals surface area contributed by atoms with E-state index in [2.05, 4.69) is 21.6 Å². The van der Waals surface area contributed by atoms with Crippen LogP contribution in [-0.2, 0) is 18.3 Å². The van der Waals surface area contributed by atoms with E-state index in [1.807, 2.05) is 59.8 Å². The molecule has 2 aromatic carbocycles. The Hall–Kier alpha value is -3.13. The van der Waals surface area contributed by atoms with E-state index in [1.54, 1.807) is 12.1 Å². The molecule has 1 aliphatic heterocycles. The number of rotatable bonds is 6. The largest absolute Gasteiger partial charge is 0.342 e. The summed E-state index contributed by atoms with van der Waals surface area (Å²) in [5.41, 5.74) is 2.80. The maximum atomic E-state index is 12.7. The molecule has 0 saturated carbocycles. The first-order chi connectivity index (χ1) is 14.5. The van der Waals surface area contributed by atoms with Crippen molar-refractivity contribution in [3.05, 3.63) is 71.5 Å². The highest BCUT2D eigenvalue weighted by Crippen LogP contribution is 2.29. The van der Waals surface area contributed by atoms with E-state index >= 15 is 0 Å². The molecular weight excluding hydrogens is 398 g/mol. The average Bonchev–Trinajstić information content (AvgIpc) is 3.36. The molecule has 2 amide bonds. The number of nitrogens with one attached hydrogen (secondary N) is 1. The molecule has 3 aromatic rings. The summed E-state index contributed by atoms with van der Waals surface area (Å²) in [6.07, 6.45) is 0.888. The number of benzene rings is 2. The van der Waals surface area contributed by atoms with Crippen molar-refractivity contribution in [2.45, 2.75) is 24.5 Å². The second-order valence-corrected chi connectivity index (χ2v) is 8.12. The van der Waals surface area contributed by atoms with Crippen LogP contribution in [0.5, 0.6) is 0 Å². The number of nitrogens with zero attached hydrogens (tertiary/aromatic N) is 4. The van der Waals surface area contributed by atoms with Gasteiger partial charge in [0.25, 0.3) is 5.91 Å². The van der Waals surface area contributed by atoms with Gasteiger partial charge in [-0.1, -0.05) is 48.2 Å². The minimum absolute atomic E-state index is 0.0555. The number of aromatic nitrogens is 3. The first-order valence-corrected chi connectivity index (χ1v) is 10.8. The third-order valence-electron chi connectivity index (χ3n) is 5.15. The maximum absolute atomic E-state index is 12.7. The Morgan fingerprint density at radius 3 is 2.63 bits per heavy atom. The van der Waals surface area contributed by atoms with Gasteiger partial charge >= 0.3 is 0 Å². The van der Waals surface area contributed by atoms with Gasteiger partial charge in [-0.3, -0.25) is 9.59 Å². The summed E-state index contributed by atoms with van der Waals surface area (Å²) in [6, 6.07) is 16.7. The van der Waals surface area contributed by atoms with E-state index in [1.165, 1.54) is 17.3 Å². The van der Waals surface area contributed by atoms with Gasteiger partial charge in [-0.15, -0.1) is 10.2 Å². The third-order valence-corrected chi connectivity index (χ3v) is 6.16. The molecule has 0 fully saturated rings. The number of amides is 2. The van der Waals surface area contributed by atoms with Gasteiger partial charge in [0.2, 0.25) is 5.91 Å². The van der Waals surface area contributed by atoms with Crippen LogP contribution in [0.1, 0.15) is 34.7 Å². The van der Waals surface area contributed by atoms with Crippen LogP contribution in [0, 0.1) is 0 Å². The average molecular weight is 422 g/mol. The number of carbonyl (C=O) groups is 2. The fourth-order valence-corrected chi connectivity index (χ4v) is 4.36. The summed E-state index contributed by atoms with van der Waals surface area (Å²) in [5.74, 6) is 0.814. The Labute approximate surface area is 179 Å². The lowest BCUT2D eigenvalue weighted by molar-refractivity contribution is -0.116. The van der Waals surface area contributed by atoms with Crippen molar-refractivity contribution in [2.24, 2.45) is 7.05 Å². The van der Waals surface area contributed by atoms with Crippen molar-refractivity contribution in [1.82, 2.24) is 20.1 Å². The van der Waals surface area contributed by atoms with Gasteiger partial charge in [0, 0.05) is 24.8 Å². The number of anilines is 1. The highest BCUT2D eigenvalue weighted by atomic mass is 32.2. The van der Waals surface area contributed by atoms with Crippen LogP contribution in [0.25, 0.3) is 0 Å². The molecule has 8 heteroatoms. The molecule has 1 N–H and O–H groups in total. The monoisotopic (exact) mass is 421 g/mol. The van der Waals surface area contributed by atoms with Gasteiger partial charge in [0.05, 0.1) is 11.8 Å². The van der Waals surface area contributed by atoms with Crippen molar-refractivity contribution >= 4 is 29.3 Å². The van der Waals surface area contributed by atoms with Crippen LogP contribution in [-0.4, -0.2) is 38.9 Å². The quantitative estimate of drug-likeness (QED) is 0.619. The van der Waals surface area contributed by atoms with E-state index < -0.39 is 0 Å². The zero-order valence-corrected chi connectivity index (χ0v) is 17.7. The number of hydrogen-bond donors (Lipinski definition) is 1.